The van der Waals surface area contributed by atoms with Gasteiger partial charge in [-0.1, -0.05) is 63.6 Å². The molecule has 196 valence electrons. The molecule has 0 N–H and O–H groups in total. The summed E-state index contributed by atoms with van der Waals surface area (Å²) in [5.41, 5.74) is 11.1. The van der Waals surface area contributed by atoms with E-state index in [1.54, 1.807) is 22.3 Å². The van der Waals surface area contributed by atoms with Gasteiger partial charge in [-0.3, -0.25) is 0 Å². The molecular weight excluding hydrogens is 434 g/mol. The Morgan fingerprint density at radius 2 is 1.72 bits per heavy atom. The van der Waals surface area contributed by atoms with Crippen LogP contribution >= 0.6 is 0 Å². The monoisotopic (exact) mass is 485 g/mol. The Labute approximate surface area is 222 Å². The Balaban J connectivity index is 1.32. The molecular formula is C35H51N. The molecule has 0 bridgehead atoms. The third kappa shape index (κ3) is 7.27. The van der Waals surface area contributed by atoms with Crippen molar-refractivity contribution < 1.29 is 0 Å². The zero-order chi connectivity index (χ0) is 25.7. The Morgan fingerprint density at radius 1 is 0.972 bits per heavy atom. The van der Waals surface area contributed by atoms with Crippen LogP contribution in [-0.2, 0) is 25.7 Å². The van der Waals surface area contributed by atoms with Crippen molar-refractivity contribution in [2.24, 2.45) is 11.3 Å². The van der Waals surface area contributed by atoms with E-state index in [4.69, 9.17) is 0 Å². The van der Waals surface area contributed by atoms with Crippen molar-refractivity contribution in [3.05, 3.63) is 76.4 Å². The van der Waals surface area contributed by atoms with E-state index in [1.807, 2.05) is 0 Å². The van der Waals surface area contributed by atoms with Crippen molar-refractivity contribution >= 4 is 5.69 Å². The summed E-state index contributed by atoms with van der Waals surface area (Å²) < 4.78 is 0. The minimum absolute atomic E-state index is 0.423. The van der Waals surface area contributed by atoms with E-state index >= 15 is 0 Å². The molecule has 2 aromatic rings. The molecule has 1 fully saturated rings. The second-order valence-corrected chi connectivity index (χ2v) is 13.1. The van der Waals surface area contributed by atoms with Crippen LogP contribution < -0.4 is 4.90 Å². The lowest BCUT2D eigenvalue weighted by molar-refractivity contribution is 0.365. The first-order valence-electron chi connectivity index (χ1n) is 14.8. The summed E-state index contributed by atoms with van der Waals surface area (Å²) in [6.45, 7) is 18.2. The number of aryl methyl sites for hydroxylation is 4. The van der Waals surface area contributed by atoms with E-state index in [0.29, 0.717) is 11.3 Å². The van der Waals surface area contributed by atoms with Crippen LogP contribution in [0.5, 0.6) is 0 Å². The van der Waals surface area contributed by atoms with Gasteiger partial charge in [-0.15, -0.1) is 6.58 Å². The number of nitrogens with zero attached hydrogens (tertiary/aromatic N) is 1. The highest BCUT2D eigenvalue weighted by Crippen LogP contribution is 2.38. The van der Waals surface area contributed by atoms with Gasteiger partial charge >= 0.3 is 0 Å². The molecule has 4 rings (SSSR count). The van der Waals surface area contributed by atoms with Gasteiger partial charge in [-0.25, -0.2) is 0 Å². The molecule has 1 nitrogen and oxygen atoms in total. The summed E-state index contributed by atoms with van der Waals surface area (Å²) in [6.07, 6.45) is 13.9. The Hall–Kier alpha value is -2.02. The number of rotatable bonds is 10. The van der Waals surface area contributed by atoms with Crippen molar-refractivity contribution in [3.63, 3.8) is 0 Å². The molecule has 0 spiro atoms. The van der Waals surface area contributed by atoms with Crippen molar-refractivity contribution in [1.29, 1.82) is 0 Å². The third-order valence-electron chi connectivity index (χ3n) is 8.73. The first-order valence-corrected chi connectivity index (χ1v) is 14.8. The standard InChI is InChI=1S/C35H51N/c1-7-27-12-15-31(9-8-20-35(4,5)6)34(25-27)36-21-18-28(19-22-36)10-11-29-13-14-30-16-17-32(23-26(2)3)33(30)24-29/h12-15,24-25,28,32H,2,7-11,16-23H2,1,3-6H3. The van der Waals surface area contributed by atoms with E-state index in [2.05, 4.69) is 82.5 Å². The van der Waals surface area contributed by atoms with Crippen molar-refractivity contribution in [2.75, 3.05) is 18.0 Å². The molecule has 0 saturated carbocycles. The van der Waals surface area contributed by atoms with Gasteiger partial charge in [0.15, 0.2) is 0 Å². The molecule has 2 aromatic carbocycles. The number of hydrogen-bond acceptors (Lipinski definition) is 1. The molecule has 1 aliphatic heterocycles. The molecule has 36 heavy (non-hydrogen) atoms. The minimum Gasteiger partial charge on any atom is -0.371 e. The maximum Gasteiger partial charge on any atom is 0.0401 e. The molecule has 2 aliphatic rings. The number of benzene rings is 2. The van der Waals surface area contributed by atoms with Crippen LogP contribution in [0.2, 0.25) is 0 Å². The van der Waals surface area contributed by atoms with E-state index in [1.165, 1.54) is 87.7 Å². The Bertz CT molecular complexity index is 1020. The predicted octanol–water partition coefficient (Wildman–Crippen LogP) is 9.46. The largest absolute Gasteiger partial charge is 0.371 e. The third-order valence-corrected chi connectivity index (χ3v) is 8.73. The molecule has 1 heterocycles. The SMILES string of the molecule is C=C(C)CC1CCc2ccc(CCC3CCN(c4cc(CC)ccc4CCCC(C)(C)C)CC3)cc21. The maximum absolute atomic E-state index is 4.17. The maximum atomic E-state index is 4.17. The second kappa shape index (κ2) is 12.0. The van der Waals surface area contributed by atoms with Crippen molar-refractivity contribution in [1.82, 2.24) is 0 Å². The van der Waals surface area contributed by atoms with Gasteiger partial charge in [0, 0.05) is 18.8 Å². The zero-order valence-corrected chi connectivity index (χ0v) is 24.0. The van der Waals surface area contributed by atoms with Crippen LogP contribution in [0.25, 0.3) is 0 Å². The number of fused-ring (bicyclic) bond motifs is 1. The molecule has 0 amide bonds. The summed E-state index contributed by atoms with van der Waals surface area (Å²) in [6, 6.07) is 14.7. The summed E-state index contributed by atoms with van der Waals surface area (Å²) in [7, 11) is 0. The van der Waals surface area contributed by atoms with Gasteiger partial charge < -0.3 is 4.90 Å². The van der Waals surface area contributed by atoms with Gasteiger partial charge in [-0.05, 0) is 129 Å². The number of piperidine rings is 1. The highest BCUT2D eigenvalue weighted by atomic mass is 15.1. The summed E-state index contributed by atoms with van der Waals surface area (Å²) in [5.74, 6) is 1.57. The van der Waals surface area contributed by atoms with Gasteiger partial charge in [0.05, 0.1) is 0 Å². The van der Waals surface area contributed by atoms with Crippen molar-refractivity contribution in [2.45, 2.75) is 111 Å². The molecule has 0 radical (unpaired) electrons. The lowest BCUT2D eigenvalue weighted by atomic mass is 9.87. The second-order valence-electron chi connectivity index (χ2n) is 13.1. The van der Waals surface area contributed by atoms with E-state index < -0.39 is 0 Å². The van der Waals surface area contributed by atoms with Crippen molar-refractivity contribution in [3.8, 4) is 0 Å². The highest BCUT2D eigenvalue weighted by Gasteiger charge is 2.24. The molecule has 1 aliphatic carbocycles. The first-order chi connectivity index (χ1) is 17.2. The number of hydrogen-bond donors (Lipinski definition) is 0. The van der Waals surface area contributed by atoms with Crippen LogP contribution in [0.15, 0.2) is 48.6 Å². The number of allylic oxidation sites excluding steroid dienone is 1. The summed E-state index contributed by atoms with van der Waals surface area (Å²) in [4.78, 5) is 2.71. The lowest BCUT2D eigenvalue weighted by Crippen LogP contribution is -2.34. The van der Waals surface area contributed by atoms with Gasteiger partial charge in [0.2, 0.25) is 0 Å². The first kappa shape index (κ1) is 27.0. The molecule has 1 heteroatoms. The Morgan fingerprint density at radius 3 is 2.42 bits per heavy atom. The minimum atomic E-state index is 0.423. The summed E-state index contributed by atoms with van der Waals surface area (Å²) in [5, 5.41) is 0. The fourth-order valence-corrected chi connectivity index (χ4v) is 6.50. The van der Waals surface area contributed by atoms with Crippen LogP contribution in [0.1, 0.15) is 113 Å². The van der Waals surface area contributed by atoms with E-state index in [0.717, 1.165) is 18.8 Å². The van der Waals surface area contributed by atoms with Gasteiger partial charge in [0.1, 0.15) is 0 Å². The number of anilines is 1. The summed E-state index contributed by atoms with van der Waals surface area (Å²) >= 11 is 0. The van der Waals surface area contributed by atoms with E-state index in [-0.39, 0.29) is 0 Å². The fourth-order valence-electron chi connectivity index (χ4n) is 6.50. The molecule has 1 unspecified atom stereocenters. The van der Waals surface area contributed by atoms with E-state index in [9.17, 15) is 0 Å². The average Bonchev–Trinajstić information content (AvgIpc) is 3.24. The fraction of sp³-hybridized carbons (Fsp3) is 0.600. The lowest BCUT2D eigenvalue weighted by Gasteiger charge is -2.35. The van der Waals surface area contributed by atoms with Crippen LogP contribution in [-0.4, -0.2) is 13.1 Å². The smallest absolute Gasteiger partial charge is 0.0401 e. The quantitative estimate of drug-likeness (QED) is 0.303. The van der Waals surface area contributed by atoms with Crippen LogP contribution in [0.3, 0.4) is 0 Å². The molecule has 0 aromatic heterocycles. The Kier molecular flexibility index (Phi) is 9.02. The molecule has 1 saturated heterocycles. The average molecular weight is 486 g/mol. The van der Waals surface area contributed by atoms with Gasteiger partial charge in [-0.2, -0.15) is 0 Å². The zero-order valence-electron chi connectivity index (χ0n) is 24.0. The highest BCUT2D eigenvalue weighted by molar-refractivity contribution is 5.56. The molecule has 1 atom stereocenters. The topological polar surface area (TPSA) is 3.24 Å². The van der Waals surface area contributed by atoms with Crippen LogP contribution in [0.4, 0.5) is 5.69 Å². The van der Waals surface area contributed by atoms with Crippen LogP contribution in [0, 0.1) is 11.3 Å². The van der Waals surface area contributed by atoms with Gasteiger partial charge in [0.25, 0.3) is 0 Å². The predicted molar refractivity (Wildman–Crippen MR) is 158 cm³/mol. The normalized spacial score (nSPS) is 18.5.